The van der Waals surface area contributed by atoms with E-state index in [4.69, 9.17) is 4.74 Å². The quantitative estimate of drug-likeness (QED) is 0.628. The van der Waals surface area contributed by atoms with Gasteiger partial charge in [0, 0.05) is 6.42 Å². The molecule has 0 saturated heterocycles. The van der Waals surface area contributed by atoms with Crippen LogP contribution >= 0.6 is 0 Å². The second kappa shape index (κ2) is 8.11. The first-order valence-corrected chi connectivity index (χ1v) is 7.54. The zero-order chi connectivity index (χ0) is 17.6. The molecule has 24 heavy (non-hydrogen) atoms. The van der Waals surface area contributed by atoms with Gasteiger partial charge in [-0.15, -0.1) is 0 Å². The number of allylic oxidation sites excluding steroid dienone is 1. The standard InChI is InChI=1S/C19H18F4O/c1-2-7-15-10-6-11-17(20)16(15)12-18(19(21,22)23)24-13-14-8-4-3-5-9-14/h2-11,18H,12-13H2,1H3. The third kappa shape index (κ3) is 4.93. The first kappa shape index (κ1) is 18.2. The molecule has 1 unspecified atom stereocenters. The first-order chi connectivity index (χ1) is 11.4. The lowest BCUT2D eigenvalue weighted by Gasteiger charge is -2.22. The van der Waals surface area contributed by atoms with Gasteiger partial charge in [0.25, 0.3) is 0 Å². The molecule has 5 heteroatoms. The van der Waals surface area contributed by atoms with Crippen LogP contribution in [0.4, 0.5) is 17.6 Å². The summed E-state index contributed by atoms with van der Waals surface area (Å²) in [5.41, 5.74) is 1.06. The van der Waals surface area contributed by atoms with Gasteiger partial charge in [0.1, 0.15) is 5.82 Å². The smallest absolute Gasteiger partial charge is 0.364 e. The van der Waals surface area contributed by atoms with Gasteiger partial charge in [-0.2, -0.15) is 13.2 Å². The van der Waals surface area contributed by atoms with Crippen molar-refractivity contribution in [3.63, 3.8) is 0 Å². The van der Waals surface area contributed by atoms with Crippen LogP contribution in [0.1, 0.15) is 23.6 Å². The fourth-order valence-electron chi connectivity index (χ4n) is 2.35. The molecular weight excluding hydrogens is 320 g/mol. The highest BCUT2D eigenvalue weighted by atomic mass is 19.4. The zero-order valence-corrected chi connectivity index (χ0v) is 13.2. The third-order valence-electron chi connectivity index (χ3n) is 3.55. The minimum atomic E-state index is -4.58. The maximum atomic E-state index is 14.0. The lowest BCUT2D eigenvalue weighted by Crippen LogP contribution is -2.34. The summed E-state index contributed by atoms with van der Waals surface area (Å²) < 4.78 is 59.0. The molecular formula is C19H18F4O. The van der Waals surface area contributed by atoms with Crippen molar-refractivity contribution in [2.45, 2.75) is 32.2 Å². The summed E-state index contributed by atoms with van der Waals surface area (Å²) in [6.07, 6.45) is -3.97. The molecule has 2 aromatic rings. The molecule has 128 valence electrons. The molecule has 0 spiro atoms. The van der Waals surface area contributed by atoms with E-state index in [1.807, 2.05) is 0 Å². The van der Waals surface area contributed by atoms with E-state index < -0.39 is 24.5 Å². The number of benzene rings is 2. The Morgan fingerprint density at radius 3 is 2.38 bits per heavy atom. The van der Waals surface area contributed by atoms with Crippen LogP contribution in [0.15, 0.2) is 54.6 Å². The Hall–Kier alpha value is -2.14. The molecule has 1 nitrogen and oxygen atoms in total. The predicted molar refractivity (Wildman–Crippen MR) is 85.9 cm³/mol. The monoisotopic (exact) mass is 338 g/mol. The molecule has 0 fully saturated rings. The van der Waals surface area contributed by atoms with Crippen LogP contribution in [0.5, 0.6) is 0 Å². The summed E-state index contributed by atoms with van der Waals surface area (Å²) in [6.45, 7) is 1.54. The summed E-state index contributed by atoms with van der Waals surface area (Å²) in [6, 6.07) is 12.8. The Balaban J connectivity index is 2.21. The summed E-state index contributed by atoms with van der Waals surface area (Å²) in [7, 11) is 0. The lowest BCUT2D eigenvalue weighted by atomic mass is 10.00. The van der Waals surface area contributed by atoms with Crippen molar-refractivity contribution >= 4 is 6.08 Å². The van der Waals surface area contributed by atoms with Gasteiger partial charge in [0.15, 0.2) is 6.10 Å². The zero-order valence-electron chi connectivity index (χ0n) is 13.2. The topological polar surface area (TPSA) is 9.23 Å². The molecule has 0 amide bonds. The molecule has 0 aromatic heterocycles. The van der Waals surface area contributed by atoms with Crippen LogP contribution in [0.3, 0.4) is 0 Å². The van der Waals surface area contributed by atoms with Crippen LogP contribution in [0.2, 0.25) is 0 Å². The SMILES string of the molecule is CC=Cc1cccc(F)c1CC(OCc1ccccc1)C(F)(F)F. The predicted octanol–water partition coefficient (Wildman–Crippen LogP) is 5.55. The highest BCUT2D eigenvalue weighted by Crippen LogP contribution is 2.29. The number of alkyl halides is 3. The van der Waals surface area contributed by atoms with Crippen molar-refractivity contribution in [2.75, 3.05) is 0 Å². The second-order valence-corrected chi connectivity index (χ2v) is 5.34. The molecule has 0 heterocycles. The minimum absolute atomic E-state index is 0.00554. The molecule has 0 bridgehead atoms. The molecule has 1 atom stereocenters. The molecule has 2 aromatic carbocycles. The van der Waals surface area contributed by atoms with Gasteiger partial charge in [0.2, 0.25) is 0 Å². The van der Waals surface area contributed by atoms with E-state index in [0.29, 0.717) is 11.1 Å². The summed E-state index contributed by atoms with van der Waals surface area (Å²) >= 11 is 0. The largest absolute Gasteiger partial charge is 0.414 e. The molecule has 2 rings (SSSR count). The highest BCUT2D eigenvalue weighted by Gasteiger charge is 2.41. The molecule has 0 aliphatic carbocycles. The van der Waals surface area contributed by atoms with Gasteiger partial charge in [0.05, 0.1) is 6.61 Å². The van der Waals surface area contributed by atoms with Gasteiger partial charge in [-0.05, 0) is 29.7 Å². The van der Waals surface area contributed by atoms with Crippen molar-refractivity contribution in [1.29, 1.82) is 0 Å². The third-order valence-corrected chi connectivity index (χ3v) is 3.55. The van der Waals surface area contributed by atoms with E-state index in [0.717, 1.165) is 6.07 Å². The van der Waals surface area contributed by atoms with Gasteiger partial charge < -0.3 is 4.74 Å². The molecule has 0 aliphatic heterocycles. The Labute approximate surface area is 138 Å². The van der Waals surface area contributed by atoms with Gasteiger partial charge in [-0.25, -0.2) is 4.39 Å². The van der Waals surface area contributed by atoms with Crippen molar-refractivity contribution < 1.29 is 22.3 Å². The average molecular weight is 338 g/mol. The number of halogens is 4. The van der Waals surface area contributed by atoms with E-state index in [-0.39, 0.29) is 12.2 Å². The number of ether oxygens (including phenoxy) is 1. The van der Waals surface area contributed by atoms with E-state index >= 15 is 0 Å². The van der Waals surface area contributed by atoms with E-state index in [9.17, 15) is 17.6 Å². The van der Waals surface area contributed by atoms with E-state index in [1.54, 1.807) is 55.5 Å². The Morgan fingerprint density at radius 1 is 1.04 bits per heavy atom. The molecule has 0 aliphatic rings. The van der Waals surface area contributed by atoms with Crippen LogP contribution in [0.25, 0.3) is 6.08 Å². The van der Waals surface area contributed by atoms with Crippen molar-refractivity contribution in [1.82, 2.24) is 0 Å². The fourth-order valence-corrected chi connectivity index (χ4v) is 2.35. The van der Waals surface area contributed by atoms with Crippen molar-refractivity contribution in [2.24, 2.45) is 0 Å². The number of rotatable bonds is 6. The first-order valence-electron chi connectivity index (χ1n) is 7.54. The summed E-state index contributed by atoms with van der Waals surface area (Å²) in [4.78, 5) is 0. The maximum absolute atomic E-state index is 14.0. The van der Waals surface area contributed by atoms with Crippen molar-refractivity contribution in [3.05, 3.63) is 77.1 Å². The number of hydrogen-bond acceptors (Lipinski definition) is 1. The summed E-state index contributed by atoms with van der Waals surface area (Å²) in [5, 5.41) is 0. The lowest BCUT2D eigenvalue weighted by molar-refractivity contribution is -0.223. The van der Waals surface area contributed by atoms with Gasteiger partial charge in [-0.3, -0.25) is 0 Å². The Bertz CT molecular complexity index is 678. The highest BCUT2D eigenvalue weighted by molar-refractivity contribution is 5.54. The minimum Gasteiger partial charge on any atom is -0.364 e. The van der Waals surface area contributed by atoms with Crippen molar-refractivity contribution in [3.8, 4) is 0 Å². The van der Waals surface area contributed by atoms with Crippen LogP contribution in [0, 0.1) is 5.82 Å². The van der Waals surface area contributed by atoms with E-state index in [1.165, 1.54) is 6.07 Å². The normalized spacial score (nSPS) is 13.4. The van der Waals surface area contributed by atoms with Crippen LogP contribution < -0.4 is 0 Å². The maximum Gasteiger partial charge on any atom is 0.414 e. The van der Waals surface area contributed by atoms with Gasteiger partial charge in [-0.1, -0.05) is 54.6 Å². The molecule has 0 N–H and O–H groups in total. The molecule has 0 radical (unpaired) electrons. The Morgan fingerprint density at radius 2 is 1.75 bits per heavy atom. The molecule has 0 saturated carbocycles. The summed E-state index contributed by atoms with van der Waals surface area (Å²) in [5.74, 6) is -0.664. The van der Waals surface area contributed by atoms with Crippen LogP contribution in [-0.4, -0.2) is 12.3 Å². The Kier molecular flexibility index (Phi) is 6.15. The number of hydrogen-bond donors (Lipinski definition) is 0. The van der Waals surface area contributed by atoms with Gasteiger partial charge >= 0.3 is 6.18 Å². The second-order valence-electron chi connectivity index (χ2n) is 5.34. The van der Waals surface area contributed by atoms with Crippen LogP contribution in [-0.2, 0) is 17.8 Å². The van der Waals surface area contributed by atoms with E-state index in [2.05, 4.69) is 0 Å². The average Bonchev–Trinajstić information content (AvgIpc) is 2.53. The fraction of sp³-hybridized carbons (Fsp3) is 0.263.